The minimum absolute atomic E-state index is 0.249. The number of rotatable bonds is 5. The standard InChI is InChI=1S/C13H16N4O2/c1-3-19-13(18)10(2)9-17-15-12(14-16-17)11-7-5-4-6-8-11/h4-8,10H,3,9H2,1-2H3. The fourth-order valence-corrected chi connectivity index (χ4v) is 1.63. The predicted octanol–water partition coefficient (Wildman–Crippen LogP) is 1.54. The highest BCUT2D eigenvalue weighted by atomic mass is 16.5. The molecule has 1 heterocycles. The van der Waals surface area contributed by atoms with E-state index in [1.165, 1.54) is 4.80 Å². The molecule has 6 nitrogen and oxygen atoms in total. The van der Waals surface area contributed by atoms with Gasteiger partial charge in [0.25, 0.3) is 0 Å². The quantitative estimate of drug-likeness (QED) is 0.763. The first-order valence-electron chi connectivity index (χ1n) is 6.20. The molecule has 0 saturated carbocycles. The Hall–Kier alpha value is -2.24. The van der Waals surface area contributed by atoms with Gasteiger partial charge in [-0.05, 0) is 12.1 Å². The van der Waals surface area contributed by atoms with Gasteiger partial charge in [-0.2, -0.15) is 4.80 Å². The lowest BCUT2D eigenvalue weighted by Crippen LogP contribution is -2.21. The van der Waals surface area contributed by atoms with Crippen molar-refractivity contribution < 1.29 is 9.53 Å². The summed E-state index contributed by atoms with van der Waals surface area (Å²) < 4.78 is 4.94. The summed E-state index contributed by atoms with van der Waals surface area (Å²) in [5, 5.41) is 12.2. The van der Waals surface area contributed by atoms with Gasteiger partial charge in [-0.15, -0.1) is 10.2 Å². The number of carbonyl (C=O) groups is 1. The molecule has 0 aliphatic carbocycles. The van der Waals surface area contributed by atoms with Crippen molar-refractivity contribution in [2.45, 2.75) is 20.4 Å². The molecule has 2 rings (SSSR count). The summed E-state index contributed by atoms with van der Waals surface area (Å²) in [6.45, 7) is 4.30. The molecule has 1 atom stereocenters. The summed E-state index contributed by atoms with van der Waals surface area (Å²) in [6, 6.07) is 9.58. The summed E-state index contributed by atoms with van der Waals surface area (Å²) in [5.74, 6) is 0.00972. The zero-order chi connectivity index (χ0) is 13.7. The molecule has 0 radical (unpaired) electrons. The minimum atomic E-state index is -0.294. The van der Waals surface area contributed by atoms with E-state index in [1.807, 2.05) is 30.3 Å². The first kappa shape index (κ1) is 13.2. The van der Waals surface area contributed by atoms with Crippen LogP contribution in [0.25, 0.3) is 11.4 Å². The Morgan fingerprint density at radius 3 is 2.79 bits per heavy atom. The Morgan fingerprint density at radius 2 is 2.11 bits per heavy atom. The Balaban J connectivity index is 2.04. The zero-order valence-corrected chi connectivity index (χ0v) is 11.0. The molecule has 0 N–H and O–H groups in total. The highest BCUT2D eigenvalue weighted by molar-refractivity contribution is 5.71. The molecule has 2 aromatic rings. The number of carbonyl (C=O) groups excluding carboxylic acids is 1. The van der Waals surface area contributed by atoms with Gasteiger partial charge in [0.2, 0.25) is 5.82 Å². The summed E-state index contributed by atoms with van der Waals surface area (Å²) >= 11 is 0. The third-order valence-corrected chi connectivity index (χ3v) is 2.61. The van der Waals surface area contributed by atoms with Crippen molar-refractivity contribution >= 4 is 5.97 Å². The van der Waals surface area contributed by atoms with E-state index in [9.17, 15) is 4.79 Å². The molecule has 19 heavy (non-hydrogen) atoms. The van der Waals surface area contributed by atoms with Crippen molar-refractivity contribution in [2.24, 2.45) is 5.92 Å². The van der Waals surface area contributed by atoms with Gasteiger partial charge < -0.3 is 4.74 Å². The number of hydrogen-bond acceptors (Lipinski definition) is 5. The molecular formula is C13H16N4O2. The largest absolute Gasteiger partial charge is 0.466 e. The third-order valence-electron chi connectivity index (χ3n) is 2.61. The van der Waals surface area contributed by atoms with Crippen LogP contribution in [-0.2, 0) is 16.1 Å². The number of hydrogen-bond donors (Lipinski definition) is 0. The van der Waals surface area contributed by atoms with E-state index in [2.05, 4.69) is 15.4 Å². The summed E-state index contributed by atoms with van der Waals surface area (Å²) in [5.41, 5.74) is 0.900. The van der Waals surface area contributed by atoms with Crippen molar-refractivity contribution in [2.75, 3.05) is 6.61 Å². The number of esters is 1. The second-order valence-corrected chi connectivity index (χ2v) is 4.19. The first-order chi connectivity index (χ1) is 9.20. The van der Waals surface area contributed by atoms with Crippen LogP contribution < -0.4 is 0 Å². The van der Waals surface area contributed by atoms with Gasteiger partial charge in [0, 0.05) is 5.56 Å². The second-order valence-electron chi connectivity index (χ2n) is 4.19. The molecule has 1 unspecified atom stereocenters. The fourth-order valence-electron chi connectivity index (χ4n) is 1.63. The third kappa shape index (κ3) is 3.37. The number of benzene rings is 1. The number of tetrazole rings is 1. The Morgan fingerprint density at radius 1 is 1.37 bits per heavy atom. The first-order valence-corrected chi connectivity index (χ1v) is 6.20. The molecule has 0 fully saturated rings. The molecule has 0 aliphatic heterocycles. The summed E-state index contributed by atoms with van der Waals surface area (Å²) in [6.07, 6.45) is 0. The van der Waals surface area contributed by atoms with Crippen LogP contribution in [0.2, 0.25) is 0 Å². The van der Waals surface area contributed by atoms with Gasteiger partial charge in [0.05, 0.1) is 19.1 Å². The van der Waals surface area contributed by atoms with E-state index in [0.717, 1.165) is 5.56 Å². The molecule has 0 saturated heterocycles. The average Bonchev–Trinajstić information content (AvgIpc) is 2.88. The molecule has 0 spiro atoms. The molecule has 100 valence electrons. The highest BCUT2D eigenvalue weighted by Gasteiger charge is 2.16. The van der Waals surface area contributed by atoms with Crippen LogP contribution in [0.4, 0.5) is 0 Å². The molecular weight excluding hydrogens is 244 g/mol. The summed E-state index contributed by atoms with van der Waals surface area (Å²) in [4.78, 5) is 12.9. The SMILES string of the molecule is CCOC(=O)C(C)Cn1nnc(-c2ccccc2)n1. The number of ether oxygens (including phenoxy) is 1. The minimum Gasteiger partial charge on any atom is -0.466 e. The molecule has 0 aliphatic rings. The van der Waals surface area contributed by atoms with E-state index in [-0.39, 0.29) is 11.9 Å². The second kappa shape index (κ2) is 6.08. The van der Waals surface area contributed by atoms with Crippen LogP contribution in [-0.4, -0.2) is 32.8 Å². The highest BCUT2D eigenvalue weighted by Crippen LogP contribution is 2.12. The van der Waals surface area contributed by atoms with E-state index in [4.69, 9.17) is 4.74 Å². The smallest absolute Gasteiger partial charge is 0.310 e. The topological polar surface area (TPSA) is 69.9 Å². The lowest BCUT2D eigenvalue weighted by atomic mass is 10.2. The fraction of sp³-hybridized carbons (Fsp3) is 0.385. The molecule has 1 aromatic carbocycles. The maximum absolute atomic E-state index is 11.5. The maximum Gasteiger partial charge on any atom is 0.310 e. The molecule has 6 heteroatoms. The lowest BCUT2D eigenvalue weighted by Gasteiger charge is -2.08. The van der Waals surface area contributed by atoms with Gasteiger partial charge in [-0.25, -0.2) is 0 Å². The Bertz CT molecular complexity index is 539. The van der Waals surface area contributed by atoms with Crippen molar-refractivity contribution in [1.82, 2.24) is 20.2 Å². The average molecular weight is 260 g/mol. The van der Waals surface area contributed by atoms with Crippen molar-refractivity contribution in [3.05, 3.63) is 30.3 Å². The maximum atomic E-state index is 11.5. The van der Waals surface area contributed by atoms with E-state index < -0.39 is 0 Å². The van der Waals surface area contributed by atoms with Crippen LogP contribution in [0, 0.1) is 5.92 Å². The van der Waals surface area contributed by atoms with Gasteiger partial charge in [0.1, 0.15) is 0 Å². The van der Waals surface area contributed by atoms with E-state index >= 15 is 0 Å². The molecule has 0 amide bonds. The van der Waals surface area contributed by atoms with Gasteiger partial charge in [0.15, 0.2) is 0 Å². The Labute approximate surface area is 111 Å². The van der Waals surface area contributed by atoms with Crippen LogP contribution in [0.3, 0.4) is 0 Å². The Kier molecular flexibility index (Phi) is 4.22. The predicted molar refractivity (Wildman–Crippen MR) is 69.1 cm³/mol. The monoisotopic (exact) mass is 260 g/mol. The summed E-state index contributed by atoms with van der Waals surface area (Å²) in [7, 11) is 0. The normalized spacial score (nSPS) is 12.1. The van der Waals surface area contributed by atoms with Gasteiger partial charge >= 0.3 is 5.97 Å². The van der Waals surface area contributed by atoms with Crippen molar-refractivity contribution in [3.8, 4) is 11.4 Å². The van der Waals surface area contributed by atoms with Crippen LogP contribution >= 0.6 is 0 Å². The van der Waals surface area contributed by atoms with Crippen molar-refractivity contribution in [1.29, 1.82) is 0 Å². The van der Waals surface area contributed by atoms with Crippen molar-refractivity contribution in [3.63, 3.8) is 0 Å². The molecule has 1 aromatic heterocycles. The number of nitrogens with zero attached hydrogens (tertiary/aromatic N) is 4. The van der Waals surface area contributed by atoms with Gasteiger partial charge in [-0.3, -0.25) is 4.79 Å². The lowest BCUT2D eigenvalue weighted by molar-refractivity contribution is -0.148. The van der Waals surface area contributed by atoms with E-state index in [1.54, 1.807) is 13.8 Å². The van der Waals surface area contributed by atoms with Crippen LogP contribution in [0.15, 0.2) is 30.3 Å². The number of aromatic nitrogens is 4. The van der Waals surface area contributed by atoms with Crippen LogP contribution in [0.5, 0.6) is 0 Å². The van der Waals surface area contributed by atoms with Gasteiger partial charge in [-0.1, -0.05) is 37.3 Å². The van der Waals surface area contributed by atoms with Crippen LogP contribution in [0.1, 0.15) is 13.8 Å². The zero-order valence-electron chi connectivity index (χ0n) is 11.0. The molecule has 0 bridgehead atoms. The van der Waals surface area contributed by atoms with E-state index in [0.29, 0.717) is 19.0 Å².